The third kappa shape index (κ3) is 3.27. The number of rotatable bonds is 3. The fourth-order valence-corrected chi connectivity index (χ4v) is 2.12. The van der Waals surface area contributed by atoms with Crippen LogP contribution in [0.5, 0.6) is 0 Å². The van der Waals surface area contributed by atoms with Crippen molar-refractivity contribution in [3.8, 4) is 11.3 Å². The number of nitrogens with zero attached hydrogens (tertiary/aromatic N) is 3. The van der Waals surface area contributed by atoms with Crippen molar-refractivity contribution in [2.75, 3.05) is 11.9 Å². The highest BCUT2D eigenvalue weighted by Gasteiger charge is 2.11. The summed E-state index contributed by atoms with van der Waals surface area (Å²) in [5.41, 5.74) is 1.07. The molecule has 2 amide bonds. The number of hydrogen-bond donors (Lipinski definition) is 2. The molecule has 0 aliphatic rings. The van der Waals surface area contributed by atoms with Crippen LogP contribution in [0.2, 0.25) is 0 Å². The first-order valence-electron chi connectivity index (χ1n) is 7.21. The Kier molecular flexibility index (Phi) is 4.28. The highest BCUT2D eigenvalue weighted by Crippen LogP contribution is 2.22. The Balaban J connectivity index is 1.98. The van der Waals surface area contributed by atoms with E-state index in [1.165, 1.54) is 12.3 Å². The molecule has 0 aliphatic heterocycles. The molecule has 6 nitrogen and oxygen atoms in total. The summed E-state index contributed by atoms with van der Waals surface area (Å²) in [4.78, 5) is 24.1. The van der Waals surface area contributed by atoms with Crippen LogP contribution in [-0.2, 0) is 0 Å². The number of fused-ring (bicyclic) bond motifs is 1. The number of carbonyl (C=O) groups excluding carboxylic acids is 1. The molecule has 0 spiro atoms. The highest BCUT2D eigenvalue weighted by molar-refractivity contribution is 5.89. The molecule has 1 aromatic carbocycles. The van der Waals surface area contributed by atoms with Crippen molar-refractivity contribution < 1.29 is 13.6 Å². The van der Waals surface area contributed by atoms with E-state index < -0.39 is 17.7 Å². The number of urea groups is 1. The van der Waals surface area contributed by atoms with E-state index >= 15 is 0 Å². The Morgan fingerprint density at radius 2 is 2.00 bits per heavy atom. The second kappa shape index (κ2) is 6.53. The molecule has 0 aliphatic carbocycles. The maximum absolute atomic E-state index is 13.9. The van der Waals surface area contributed by atoms with E-state index in [0.717, 1.165) is 12.1 Å². The SMILES string of the molecule is CCNC(=O)Nc1ccc2ncc(-c3ccc(F)cc3F)nc2n1. The normalized spacial score (nSPS) is 10.6. The minimum absolute atomic E-state index is 0.120. The summed E-state index contributed by atoms with van der Waals surface area (Å²) in [6.07, 6.45) is 1.39. The molecule has 0 radical (unpaired) electrons. The first-order chi connectivity index (χ1) is 11.6. The summed E-state index contributed by atoms with van der Waals surface area (Å²) in [5.74, 6) is -1.11. The average molecular weight is 329 g/mol. The first-order valence-corrected chi connectivity index (χ1v) is 7.21. The standard InChI is InChI=1S/C16H13F2N5O/c1-2-19-16(24)23-14-6-5-12-15(22-14)21-13(8-20-12)10-4-3-9(17)7-11(10)18/h3-8H,2H2,1H3,(H2,19,21,22,23,24). The van der Waals surface area contributed by atoms with Gasteiger partial charge in [-0.15, -0.1) is 0 Å². The van der Waals surface area contributed by atoms with Crippen molar-refractivity contribution in [2.24, 2.45) is 0 Å². The molecule has 0 saturated heterocycles. The van der Waals surface area contributed by atoms with Crippen molar-refractivity contribution >= 4 is 23.0 Å². The molecule has 0 fully saturated rings. The van der Waals surface area contributed by atoms with Gasteiger partial charge < -0.3 is 5.32 Å². The van der Waals surface area contributed by atoms with Crippen molar-refractivity contribution in [3.05, 3.63) is 48.2 Å². The van der Waals surface area contributed by atoms with Gasteiger partial charge >= 0.3 is 6.03 Å². The van der Waals surface area contributed by atoms with Gasteiger partial charge in [0.1, 0.15) is 23.0 Å². The third-order valence-corrected chi connectivity index (χ3v) is 3.19. The van der Waals surface area contributed by atoms with E-state index in [0.29, 0.717) is 17.9 Å². The zero-order valence-corrected chi connectivity index (χ0v) is 12.7. The predicted octanol–water partition coefficient (Wildman–Crippen LogP) is 3.11. The van der Waals surface area contributed by atoms with Crippen molar-refractivity contribution in [1.82, 2.24) is 20.3 Å². The number of pyridine rings is 1. The van der Waals surface area contributed by atoms with Gasteiger partial charge in [-0.2, -0.15) is 0 Å². The van der Waals surface area contributed by atoms with Gasteiger partial charge in [0.15, 0.2) is 5.65 Å². The summed E-state index contributed by atoms with van der Waals surface area (Å²) < 4.78 is 26.9. The molecule has 0 saturated carbocycles. The van der Waals surface area contributed by atoms with Crippen LogP contribution in [0.3, 0.4) is 0 Å². The Morgan fingerprint density at radius 1 is 1.17 bits per heavy atom. The molecular formula is C16H13F2N5O. The molecule has 8 heteroatoms. The number of carbonyl (C=O) groups is 1. The summed E-state index contributed by atoms with van der Waals surface area (Å²) in [6, 6.07) is 6.05. The van der Waals surface area contributed by atoms with E-state index in [9.17, 15) is 13.6 Å². The molecular weight excluding hydrogens is 316 g/mol. The Labute approximate surface area is 136 Å². The van der Waals surface area contributed by atoms with Gasteiger partial charge in [0, 0.05) is 18.2 Å². The van der Waals surface area contributed by atoms with Crippen molar-refractivity contribution in [3.63, 3.8) is 0 Å². The lowest BCUT2D eigenvalue weighted by atomic mass is 10.1. The first kappa shape index (κ1) is 15.7. The topological polar surface area (TPSA) is 79.8 Å². The summed E-state index contributed by atoms with van der Waals surface area (Å²) in [7, 11) is 0. The summed E-state index contributed by atoms with van der Waals surface area (Å²) in [5, 5.41) is 5.14. The van der Waals surface area contributed by atoms with Gasteiger partial charge in [-0.1, -0.05) is 0 Å². The number of benzene rings is 1. The molecule has 2 aromatic heterocycles. The minimum atomic E-state index is -0.736. The van der Waals surface area contributed by atoms with Gasteiger partial charge in [0.2, 0.25) is 0 Å². The van der Waals surface area contributed by atoms with Gasteiger partial charge in [-0.25, -0.2) is 23.5 Å². The van der Waals surface area contributed by atoms with E-state index in [4.69, 9.17) is 0 Å². The van der Waals surface area contributed by atoms with Crippen LogP contribution in [0.1, 0.15) is 6.92 Å². The van der Waals surface area contributed by atoms with Gasteiger partial charge in [-0.05, 0) is 31.2 Å². The molecule has 122 valence electrons. The molecule has 2 N–H and O–H groups in total. The van der Waals surface area contributed by atoms with Crippen LogP contribution in [0.4, 0.5) is 19.4 Å². The molecule has 0 unspecified atom stereocenters. The van der Waals surface area contributed by atoms with Crippen LogP contribution in [0, 0.1) is 11.6 Å². The maximum atomic E-state index is 13.9. The lowest BCUT2D eigenvalue weighted by Gasteiger charge is -2.07. The molecule has 2 heterocycles. The lowest BCUT2D eigenvalue weighted by Crippen LogP contribution is -2.28. The van der Waals surface area contributed by atoms with Crippen LogP contribution in [0.15, 0.2) is 36.5 Å². The number of amides is 2. The van der Waals surface area contributed by atoms with Crippen LogP contribution < -0.4 is 10.6 Å². The molecule has 24 heavy (non-hydrogen) atoms. The smallest absolute Gasteiger partial charge is 0.320 e. The van der Waals surface area contributed by atoms with Gasteiger partial charge in [-0.3, -0.25) is 10.3 Å². The lowest BCUT2D eigenvalue weighted by molar-refractivity contribution is 0.252. The van der Waals surface area contributed by atoms with Crippen molar-refractivity contribution in [1.29, 1.82) is 0 Å². The number of halogens is 2. The second-order valence-corrected chi connectivity index (χ2v) is 4.90. The number of hydrogen-bond acceptors (Lipinski definition) is 4. The van der Waals surface area contributed by atoms with E-state index in [2.05, 4.69) is 25.6 Å². The Bertz CT molecular complexity index is 916. The Morgan fingerprint density at radius 3 is 2.75 bits per heavy atom. The average Bonchev–Trinajstić information content (AvgIpc) is 2.54. The number of anilines is 1. The molecule has 0 bridgehead atoms. The quantitative estimate of drug-likeness (QED) is 0.774. The second-order valence-electron chi connectivity index (χ2n) is 4.90. The van der Waals surface area contributed by atoms with E-state index in [1.807, 2.05) is 0 Å². The van der Waals surface area contributed by atoms with Crippen LogP contribution in [0.25, 0.3) is 22.4 Å². The molecule has 3 rings (SSSR count). The summed E-state index contributed by atoms with van der Waals surface area (Å²) >= 11 is 0. The minimum Gasteiger partial charge on any atom is -0.338 e. The van der Waals surface area contributed by atoms with Crippen molar-refractivity contribution in [2.45, 2.75) is 6.92 Å². The number of aromatic nitrogens is 3. The largest absolute Gasteiger partial charge is 0.338 e. The Hall–Kier alpha value is -3.16. The molecule has 0 atom stereocenters. The fourth-order valence-electron chi connectivity index (χ4n) is 2.12. The van der Waals surface area contributed by atoms with Gasteiger partial charge in [0.25, 0.3) is 0 Å². The van der Waals surface area contributed by atoms with Crippen LogP contribution >= 0.6 is 0 Å². The highest BCUT2D eigenvalue weighted by atomic mass is 19.1. The maximum Gasteiger partial charge on any atom is 0.320 e. The summed E-state index contributed by atoms with van der Waals surface area (Å²) in [6.45, 7) is 2.27. The van der Waals surface area contributed by atoms with E-state index in [1.54, 1.807) is 19.1 Å². The zero-order valence-electron chi connectivity index (χ0n) is 12.7. The van der Waals surface area contributed by atoms with E-state index in [-0.39, 0.29) is 16.9 Å². The monoisotopic (exact) mass is 329 g/mol. The fraction of sp³-hybridized carbons (Fsp3) is 0.125. The van der Waals surface area contributed by atoms with Crippen LogP contribution in [-0.4, -0.2) is 27.5 Å². The van der Waals surface area contributed by atoms with Gasteiger partial charge in [0.05, 0.1) is 11.9 Å². The molecule has 3 aromatic rings. The number of nitrogens with one attached hydrogen (secondary N) is 2. The zero-order chi connectivity index (χ0) is 17.1. The third-order valence-electron chi connectivity index (χ3n) is 3.19. The predicted molar refractivity (Wildman–Crippen MR) is 85.4 cm³/mol.